The molecule has 4 aliphatic rings. The van der Waals surface area contributed by atoms with Gasteiger partial charge in [0.1, 0.15) is 0 Å². The molecule has 190 valence electrons. The number of benzene rings is 1. The lowest BCUT2D eigenvalue weighted by molar-refractivity contribution is -0.0501. The van der Waals surface area contributed by atoms with Crippen molar-refractivity contribution in [2.45, 2.75) is 83.4 Å². The van der Waals surface area contributed by atoms with Crippen LogP contribution in [-0.2, 0) is 9.84 Å². The average Bonchev–Trinajstić information content (AvgIpc) is 3.41. The minimum absolute atomic E-state index is 0.166. The smallest absolute Gasteiger partial charge is 0.210 e. The van der Waals surface area contributed by atoms with Crippen molar-refractivity contribution in [1.29, 1.82) is 0 Å². The Morgan fingerprint density at radius 3 is 2.69 bits per heavy atom. The maximum Gasteiger partial charge on any atom is 0.210 e. The molecule has 1 heterocycles. The Kier molecular flexibility index (Phi) is 5.80. The summed E-state index contributed by atoms with van der Waals surface area (Å²) in [6.45, 7) is 9.74. The first-order valence-electron chi connectivity index (χ1n) is 13.9. The van der Waals surface area contributed by atoms with E-state index in [1.807, 2.05) is 24.3 Å². The summed E-state index contributed by atoms with van der Waals surface area (Å²) in [5.74, 6) is 4.08. The van der Waals surface area contributed by atoms with Gasteiger partial charge in [0, 0.05) is 0 Å². The summed E-state index contributed by atoms with van der Waals surface area (Å²) in [5, 5.41) is 0. The van der Waals surface area contributed by atoms with Crippen molar-refractivity contribution in [2.24, 2.45) is 46.3 Å². The quantitative estimate of drug-likeness (QED) is 0.392. The molecule has 0 saturated heterocycles. The number of nitrogens with zero attached hydrogens (tertiary/aromatic N) is 1. The van der Waals surface area contributed by atoms with E-state index in [0.717, 1.165) is 33.9 Å². The van der Waals surface area contributed by atoms with Gasteiger partial charge in [-0.25, -0.2) is 13.4 Å². The van der Waals surface area contributed by atoms with Crippen molar-refractivity contribution in [3.05, 3.63) is 35.9 Å². The van der Waals surface area contributed by atoms with E-state index in [0.29, 0.717) is 15.7 Å². The van der Waals surface area contributed by atoms with Gasteiger partial charge < -0.3 is 0 Å². The Bertz CT molecular complexity index is 1230. The molecule has 3 saturated carbocycles. The lowest BCUT2D eigenvalue weighted by atomic mass is 9.46. The number of hydrogen-bond acceptors (Lipinski definition) is 4. The topological polar surface area (TPSA) is 47.0 Å². The number of sulfone groups is 1. The molecule has 2 aromatic rings. The summed E-state index contributed by atoms with van der Waals surface area (Å²) >= 11 is 1.33. The average molecular weight is 512 g/mol. The Hall–Kier alpha value is -1.20. The number of fused-ring (bicyclic) bond motifs is 6. The van der Waals surface area contributed by atoms with Gasteiger partial charge >= 0.3 is 0 Å². The highest BCUT2D eigenvalue weighted by Gasteiger charge is 2.59. The molecule has 0 aliphatic heterocycles. The van der Waals surface area contributed by atoms with Crippen LogP contribution in [0.15, 0.2) is 40.3 Å². The zero-order valence-corrected chi connectivity index (χ0v) is 23.4. The monoisotopic (exact) mass is 511 g/mol. The van der Waals surface area contributed by atoms with Gasteiger partial charge in [0.05, 0.1) is 16.0 Å². The Balaban J connectivity index is 1.22. The predicted octanol–water partition coefficient (Wildman–Crippen LogP) is 7.92. The van der Waals surface area contributed by atoms with Crippen LogP contribution in [-0.4, -0.2) is 19.2 Å². The lowest BCUT2D eigenvalue weighted by Crippen LogP contribution is -2.50. The number of allylic oxidation sites excluding steroid dienone is 2. The maximum atomic E-state index is 13.4. The first kappa shape index (κ1) is 24.2. The fourth-order valence-corrected chi connectivity index (χ4v) is 12.3. The summed E-state index contributed by atoms with van der Waals surface area (Å²) < 4.78 is 28.1. The van der Waals surface area contributed by atoms with E-state index in [9.17, 15) is 8.42 Å². The Labute approximate surface area is 215 Å². The lowest BCUT2D eigenvalue weighted by Gasteiger charge is -2.58. The SMILES string of the molecule is C[C@H]1CC[C@@]2(C)C(=CC[C@H]3[C@@H]4CC[C@H]([C@H](C)CS(=O)(=O)c5nc6ccccc6s5)[C@@]4(C)CC[C@@H]32)C1. The van der Waals surface area contributed by atoms with Gasteiger partial charge in [-0.05, 0) is 110 Å². The molecule has 3 nitrogen and oxygen atoms in total. The summed E-state index contributed by atoms with van der Waals surface area (Å²) in [7, 11) is -3.38. The highest BCUT2D eigenvalue weighted by atomic mass is 32.2. The van der Waals surface area contributed by atoms with Gasteiger partial charge in [-0.2, -0.15) is 0 Å². The molecular formula is C30H41NO2S2. The number of para-hydroxylation sites is 1. The maximum absolute atomic E-state index is 13.4. The van der Waals surface area contributed by atoms with Crippen LogP contribution in [0.1, 0.15) is 79.1 Å². The van der Waals surface area contributed by atoms with Crippen molar-refractivity contribution in [2.75, 3.05) is 5.75 Å². The van der Waals surface area contributed by atoms with Crippen molar-refractivity contribution < 1.29 is 8.42 Å². The van der Waals surface area contributed by atoms with Crippen LogP contribution in [0.25, 0.3) is 10.2 Å². The second-order valence-electron chi connectivity index (χ2n) is 13.0. The molecule has 0 N–H and O–H groups in total. The molecule has 0 bridgehead atoms. The second kappa shape index (κ2) is 8.41. The zero-order chi connectivity index (χ0) is 24.6. The highest BCUT2D eigenvalue weighted by molar-refractivity contribution is 7.93. The first-order chi connectivity index (χ1) is 16.6. The standard InChI is InChI=1S/C30H41NO2S2/c1-19-13-15-29(3)21(17-19)9-10-22-24-12-11-23(30(24,4)16-14-25(22)29)20(2)18-35(32,33)28-31-26-7-5-6-8-27(26)34-28/h5-9,19-20,22-25H,10-18H2,1-4H3/t19-,20+,22-,23+,24-,25-,29-,30+/m0/s1. The van der Waals surface area contributed by atoms with Gasteiger partial charge in [0.25, 0.3) is 0 Å². The molecule has 0 radical (unpaired) electrons. The van der Waals surface area contributed by atoms with Gasteiger partial charge in [-0.3, -0.25) is 0 Å². The summed E-state index contributed by atoms with van der Waals surface area (Å²) in [4.78, 5) is 4.49. The number of hydrogen-bond donors (Lipinski definition) is 0. The predicted molar refractivity (Wildman–Crippen MR) is 145 cm³/mol. The Morgan fingerprint density at radius 1 is 1.09 bits per heavy atom. The van der Waals surface area contributed by atoms with E-state index in [4.69, 9.17) is 0 Å². The molecule has 1 aromatic heterocycles. The van der Waals surface area contributed by atoms with Crippen LogP contribution >= 0.6 is 11.3 Å². The summed E-state index contributed by atoms with van der Waals surface area (Å²) in [5.41, 5.74) is 3.25. The van der Waals surface area contributed by atoms with Gasteiger partial charge in [-0.15, -0.1) is 11.3 Å². The van der Waals surface area contributed by atoms with Crippen LogP contribution in [0, 0.1) is 46.3 Å². The largest absolute Gasteiger partial charge is 0.225 e. The van der Waals surface area contributed by atoms with Gasteiger partial charge in [0.2, 0.25) is 14.2 Å². The molecular weight excluding hydrogens is 470 g/mol. The van der Waals surface area contributed by atoms with E-state index in [1.54, 1.807) is 5.57 Å². The van der Waals surface area contributed by atoms with E-state index < -0.39 is 9.84 Å². The van der Waals surface area contributed by atoms with E-state index in [2.05, 4.69) is 38.8 Å². The number of aromatic nitrogens is 1. The molecule has 35 heavy (non-hydrogen) atoms. The third-order valence-corrected chi connectivity index (χ3v) is 14.6. The molecule has 1 aromatic carbocycles. The van der Waals surface area contributed by atoms with Crippen molar-refractivity contribution >= 4 is 31.4 Å². The summed E-state index contributed by atoms with van der Waals surface area (Å²) in [6.07, 6.45) is 13.0. The van der Waals surface area contributed by atoms with Crippen LogP contribution in [0.4, 0.5) is 0 Å². The van der Waals surface area contributed by atoms with E-state index in [-0.39, 0.29) is 17.1 Å². The molecule has 3 fully saturated rings. The summed E-state index contributed by atoms with van der Waals surface area (Å²) in [6, 6.07) is 7.75. The third-order valence-electron chi connectivity index (χ3n) is 11.1. The minimum Gasteiger partial charge on any atom is -0.225 e. The fourth-order valence-electron chi connectivity index (χ4n) is 9.34. The molecule has 0 unspecified atom stereocenters. The number of thiazole rings is 1. The molecule has 6 rings (SSSR count). The van der Waals surface area contributed by atoms with Crippen molar-refractivity contribution in [3.8, 4) is 0 Å². The highest BCUT2D eigenvalue weighted by Crippen LogP contribution is 2.67. The minimum atomic E-state index is -3.38. The molecule has 8 atom stereocenters. The molecule has 4 aliphatic carbocycles. The van der Waals surface area contributed by atoms with Crippen LogP contribution in [0.5, 0.6) is 0 Å². The first-order valence-corrected chi connectivity index (χ1v) is 16.4. The van der Waals surface area contributed by atoms with E-state index >= 15 is 0 Å². The van der Waals surface area contributed by atoms with Crippen LogP contribution in [0.2, 0.25) is 0 Å². The Morgan fingerprint density at radius 2 is 1.89 bits per heavy atom. The molecule has 0 spiro atoms. The second-order valence-corrected chi connectivity index (χ2v) is 16.3. The normalized spacial score (nSPS) is 40.0. The fraction of sp³-hybridized carbons (Fsp3) is 0.700. The van der Waals surface area contributed by atoms with Crippen LogP contribution < -0.4 is 0 Å². The van der Waals surface area contributed by atoms with Crippen LogP contribution in [0.3, 0.4) is 0 Å². The molecule has 0 amide bonds. The van der Waals surface area contributed by atoms with Crippen molar-refractivity contribution in [3.63, 3.8) is 0 Å². The number of rotatable bonds is 4. The van der Waals surface area contributed by atoms with Gasteiger partial charge in [-0.1, -0.05) is 51.5 Å². The zero-order valence-electron chi connectivity index (χ0n) is 21.8. The van der Waals surface area contributed by atoms with Crippen molar-refractivity contribution in [1.82, 2.24) is 4.98 Å². The van der Waals surface area contributed by atoms with E-state index in [1.165, 1.54) is 62.7 Å². The third kappa shape index (κ3) is 3.77. The van der Waals surface area contributed by atoms with Gasteiger partial charge in [0.15, 0.2) is 0 Å². The molecule has 5 heteroatoms.